The molecule has 2 N–H and O–H groups in total. The van der Waals surface area contributed by atoms with Crippen molar-refractivity contribution < 1.29 is 13.9 Å². The normalized spacial score (nSPS) is 11.6. The van der Waals surface area contributed by atoms with Crippen LogP contribution in [0.2, 0.25) is 5.02 Å². The maximum Gasteiger partial charge on any atom is 0.327 e. The molecule has 1 heterocycles. The first-order valence-corrected chi connectivity index (χ1v) is 10.0. The van der Waals surface area contributed by atoms with Crippen LogP contribution in [0.1, 0.15) is 12.5 Å². The summed E-state index contributed by atoms with van der Waals surface area (Å²) in [4.78, 5) is 23.1. The molecule has 3 aromatic rings. The zero-order valence-electron chi connectivity index (χ0n) is 17.2. The van der Waals surface area contributed by atoms with Gasteiger partial charge in [-0.15, -0.1) is 0 Å². The maximum absolute atomic E-state index is 13.5. The van der Waals surface area contributed by atoms with Gasteiger partial charge in [-0.2, -0.15) is 4.98 Å². The van der Waals surface area contributed by atoms with Crippen LogP contribution in [-0.4, -0.2) is 35.8 Å². The predicted octanol–water partition coefficient (Wildman–Crippen LogP) is 4.76. The molecule has 1 aromatic heterocycles. The third kappa shape index (κ3) is 6.37. The van der Waals surface area contributed by atoms with E-state index in [2.05, 4.69) is 20.6 Å². The lowest BCUT2D eigenvalue weighted by atomic mass is 10.2. The molecule has 31 heavy (non-hydrogen) atoms. The molecular weight excluding hydrogens is 421 g/mol. The van der Waals surface area contributed by atoms with Gasteiger partial charge in [0.25, 0.3) is 0 Å². The first-order chi connectivity index (χ1) is 15.0. The Balaban J connectivity index is 1.86. The minimum absolute atomic E-state index is 0.0313. The van der Waals surface area contributed by atoms with Gasteiger partial charge in [-0.3, -0.25) is 0 Å². The van der Waals surface area contributed by atoms with Gasteiger partial charge in [-0.1, -0.05) is 23.7 Å². The number of amides is 2. The van der Waals surface area contributed by atoms with Crippen molar-refractivity contribution in [1.29, 1.82) is 0 Å². The minimum Gasteiger partial charge on any atom is -0.383 e. The fourth-order valence-corrected chi connectivity index (χ4v) is 3.12. The Labute approximate surface area is 185 Å². The summed E-state index contributed by atoms with van der Waals surface area (Å²) in [6, 6.07) is 13.9. The molecule has 0 fully saturated rings. The number of ether oxygens (including phenoxy) is 1. The van der Waals surface area contributed by atoms with Crippen molar-refractivity contribution in [2.75, 3.05) is 23.9 Å². The lowest BCUT2D eigenvalue weighted by molar-refractivity contribution is 0.190. The summed E-state index contributed by atoms with van der Waals surface area (Å²) in [6.45, 7) is 2.66. The van der Waals surface area contributed by atoms with Gasteiger partial charge in [0.2, 0.25) is 5.95 Å². The van der Waals surface area contributed by atoms with Crippen molar-refractivity contribution in [2.24, 2.45) is 0 Å². The van der Waals surface area contributed by atoms with Crippen LogP contribution in [-0.2, 0) is 11.3 Å². The van der Waals surface area contributed by atoms with Gasteiger partial charge in [-0.05, 0) is 48.9 Å². The molecule has 3 rings (SSSR count). The topological polar surface area (TPSA) is 79.4 Å². The molecule has 0 bridgehead atoms. The zero-order valence-corrected chi connectivity index (χ0v) is 17.9. The number of rotatable bonds is 8. The Morgan fingerprint density at radius 2 is 2.00 bits per heavy atom. The summed E-state index contributed by atoms with van der Waals surface area (Å²) >= 11 is 6.02. The highest BCUT2D eigenvalue weighted by atomic mass is 35.5. The monoisotopic (exact) mass is 443 g/mol. The number of carbonyl (C=O) groups is 1. The first-order valence-electron chi connectivity index (χ1n) is 9.62. The van der Waals surface area contributed by atoms with Crippen molar-refractivity contribution in [3.8, 4) is 0 Å². The van der Waals surface area contributed by atoms with Crippen molar-refractivity contribution >= 4 is 35.1 Å². The summed E-state index contributed by atoms with van der Waals surface area (Å²) in [5.74, 6) is 0.274. The van der Waals surface area contributed by atoms with Crippen LogP contribution in [0.4, 0.5) is 26.6 Å². The Hall–Kier alpha value is -3.23. The number of methoxy groups -OCH3 is 1. The molecule has 7 nitrogen and oxygen atoms in total. The van der Waals surface area contributed by atoms with Crippen LogP contribution >= 0.6 is 11.6 Å². The second-order valence-corrected chi connectivity index (χ2v) is 7.28. The molecule has 0 aliphatic rings. The Kier molecular flexibility index (Phi) is 7.75. The number of nitrogens with one attached hydrogen (secondary N) is 2. The number of carbonyl (C=O) groups excluding carboxylic acids is 1. The quantitative estimate of drug-likeness (QED) is 0.524. The van der Waals surface area contributed by atoms with E-state index in [4.69, 9.17) is 16.3 Å². The summed E-state index contributed by atoms with van der Waals surface area (Å²) in [7, 11) is 1.61. The van der Waals surface area contributed by atoms with Gasteiger partial charge in [0.1, 0.15) is 11.6 Å². The standard InChI is InChI=1S/C22H23ClFN5O2/c1-15(14-31-2)27-21-25-11-10-20(28-21)29(19-8-6-18(24)7-9-19)22(30)26-13-16-4-3-5-17(23)12-16/h3-12,15H,13-14H2,1-2H3,(H,26,30)(H,25,27,28). The molecule has 162 valence electrons. The van der Waals surface area contributed by atoms with E-state index in [0.717, 1.165) is 5.56 Å². The third-order valence-corrected chi connectivity index (χ3v) is 4.52. The molecule has 1 unspecified atom stereocenters. The second kappa shape index (κ2) is 10.7. The van der Waals surface area contributed by atoms with Crippen LogP contribution in [0.15, 0.2) is 60.8 Å². The summed E-state index contributed by atoms with van der Waals surface area (Å²) in [5, 5.41) is 6.56. The van der Waals surface area contributed by atoms with Crippen molar-refractivity contribution in [3.63, 3.8) is 0 Å². The fraction of sp³-hybridized carbons (Fsp3) is 0.227. The van der Waals surface area contributed by atoms with Gasteiger partial charge >= 0.3 is 6.03 Å². The highest BCUT2D eigenvalue weighted by Crippen LogP contribution is 2.25. The number of anilines is 3. The average Bonchev–Trinajstić information content (AvgIpc) is 2.74. The van der Waals surface area contributed by atoms with Crippen LogP contribution in [0.3, 0.4) is 0 Å². The Morgan fingerprint density at radius 1 is 1.23 bits per heavy atom. The number of hydrogen-bond donors (Lipinski definition) is 2. The second-order valence-electron chi connectivity index (χ2n) is 6.84. The minimum atomic E-state index is -0.429. The first kappa shape index (κ1) is 22.5. The lowest BCUT2D eigenvalue weighted by Gasteiger charge is -2.23. The average molecular weight is 444 g/mol. The zero-order chi connectivity index (χ0) is 22.2. The largest absolute Gasteiger partial charge is 0.383 e. The fourth-order valence-electron chi connectivity index (χ4n) is 2.90. The molecule has 1 atom stereocenters. The molecule has 2 aromatic carbocycles. The van der Waals surface area contributed by atoms with E-state index in [1.54, 1.807) is 31.5 Å². The smallest absolute Gasteiger partial charge is 0.327 e. The van der Waals surface area contributed by atoms with Crippen LogP contribution in [0.5, 0.6) is 0 Å². The number of benzene rings is 2. The predicted molar refractivity (Wildman–Crippen MR) is 119 cm³/mol. The summed E-state index contributed by atoms with van der Waals surface area (Å²) < 4.78 is 18.6. The van der Waals surface area contributed by atoms with E-state index in [9.17, 15) is 9.18 Å². The van der Waals surface area contributed by atoms with E-state index >= 15 is 0 Å². The van der Waals surface area contributed by atoms with E-state index in [-0.39, 0.29) is 12.6 Å². The molecule has 0 saturated heterocycles. The van der Waals surface area contributed by atoms with E-state index in [1.807, 2.05) is 19.1 Å². The Bertz CT molecular complexity index is 1020. The number of hydrogen-bond acceptors (Lipinski definition) is 5. The molecule has 0 radical (unpaired) electrons. The van der Waals surface area contributed by atoms with E-state index in [1.165, 1.54) is 29.2 Å². The highest BCUT2D eigenvalue weighted by Gasteiger charge is 2.20. The van der Waals surface area contributed by atoms with Gasteiger partial charge in [0.05, 0.1) is 12.3 Å². The van der Waals surface area contributed by atoms with Crippen molar-refractivity contribution in [1.82, 2.24) is 15.3 Å². The van der Waals surface area contributed by atoms with E-state index < -0.39 is 11.8 Å². The molecule has 0 aliphatic heterocycles. The molecule has 0 saturated carbocycles. The number of nitrogens with zero attached hydrogens (tertiary/aromatic N) is 3. The Morgan fingerprint density at radius 3 is 2.71 bits per heavy atom. The van der Waals surface area contributed by atoms with Crippen LogP contribution in [0, 0.1) is 5.82 Å². The number of halogens is 2. The van der Waals surface area contributed by atoms with Gasteiger partial charge in [0, 0.05) is 37.0 Å². The lowest BCUT2D eigenvalue weighted by Crippen LogP contribution is -2.37. The SMILES string of the molecule is COCC(C)Nc1nccc(N(C(=O)NCc2cccc(Cl)c2)c2ccc(F)cc2)n1. The molecule has 2 amide bonds. The molecule has 0 aliphatic carbocycles. The van der Waals surface area contributed by atoms with Crippen LogP contribution in [0.25, 0.3) is 0 Å². The highest BCUT2D eigenvalue weighted by molar-refractivity contribution is 6.30. The van der Waals surface area contributed by atoms with Gasteiger partial charge < -0.3 is 15.4 Å². The van der Waals surface area contributed by atoms with Crippen LogP contribution < -0.4 is 15.5 Å². The van der Waals surface area contributed by atoms with Crippen molar-refractivity contribution in [2.45, 2.75) is 19.5 Å². The number of aromatic nitrogens is 2. The molecule has 0 spiro atoms. The van der Waals surface area contributed by atoms with Gasteiger partial charge in [0.15, 0.2) is 0 Å². The van der Waals surface area contributed by atoms with Crippen molar-refractivity contribution in [3.05, 3.63) is 77.2 Å². The summed E-state index contributed by atoms with van der Waals surface area (Å²) in [5.41, 5.74) is 1.30. The van der Waals surface area contributed by atoms with Gasteiger partial charge in [-0.25, -0.2) is 19.1 Å². The van der Waals surface area contributed by atoms with E-state index in [0.29, 0.717) is 29.1 Å². The summed E-state index contributed by atoms with van der Waals surface area (Å²) in [6.07, 6.45) is 1.55. The third-order valence-electron chi connectivity index (χ3n) is 4.28. The maximum atomic E-state index is 13.5. The molecular formula is C22H23ClFN5O2. The molecule has 9 heteroatoms. The number of urea groups is 1.